The van der Waals surface area contributed by atoms with Crippen LogP contribution in [-0.4, -0.2) is 51.2 Å². The summed E-state index contributed by atoms with van der Waals surface area (Å²) in [7, 11) is 3.51. The lowest BCUT2D eigenvalue weighted by molar-refractivity contribution is 0.143. The Morgan fingerprint density at radius 1 is 1.21 bits per heavy atom. The number of ether oxygens (including phenoxy) is 1. The monoisotopic (exact) mass is 332 g/mol. The van der Waals surface area contributed by atoms with Gasteiger partial charge < -0.3 is 20.3 Å². The van der Waals surface area contributed by atoms with Crippen LogP contribution in [0.15, 0.2) is 29.3 Å². The van der Waals surface area contributed by atoms with Crippen LogP contribution in [0.2, 0.25) is 0 Å². The fourth-order valence-corrected chi connectivity index (χ4v) is 3.56. The van der Waals surface area contributed by atoms with E-state index in [9.17, 15) is 0 Å². The Balaban J connectivity index is 1.74. The lowest BCUT2D eigenvalue weighted by Crippen LogP contribution is -2.45. The SMILES string of the molecule is CN=C(NCCN1CC(C)CC(C)C1)NCc1ccccc1OC. The predicted molar refractivity (Wildman–Crippen MR) is 101 cm³/mol. The first-order valence-corrected chi connectivity index (χ1v) is 8.91. The van der Waals surface area contributed by atoms with Gasteiger partial charge in [-0.3, -0.25) is 4.99 Å². The largest absolute Gasteiger partial charge is 0.496 e. The van der Waals surface area contributed by atoms with E-state index < -0.39 is 0 Å². The third-order valence-corrected chi connectivity index (χ3v) is 4.53. The highest BCUT2D eigenvalue weighted by Crippen LogP contribution is 2.20. The Morgan fingerprint density at radius 3 is 2.58 bits per heavy atom. The average molecular weight is 332 g/mol. The van der Waals surface area contributed by atoms with Crippen molar-refractivity contribution in [1.82, 2.24) is 15.5 Å². The van der Waals surface area contributed by atoms with Crippen LogP contribution in [0.4, 0.5) is 0 Å². The lowest BCUT2D eigenvalue weighted by Gasteiger charge is -2.35. The third-order valence-electron chi connectivity index (χ3n) is 4.53. The van der Waals surface area contributed by atoms with E-state index in [1.54, 1.807) is 7.11 Å². The Labute approximate surface area is 146 Å². The number of benzene rings is 1. The van der Waals surface area contributed by atoms with Gasteiger partial charge in [-0.25, -0.2) is 0 Å². The number of likely N-dealkylation sites (tertiary alicyclic amines) is 1. The highest BCUT2D eigenvalue weighted by molar-refractivity contribution is 5.79. The minimum atomic E-state index is 0.696. The second-order valence-corrected chi connectivity index (χ2v) is 6.87. The molecule has 0 saturated carbocycles. The van der Waals surface area contributed by atoms with E-state index in [-0.39, 0.29) is 0 Å². The molecule has 1 aliphatic rings. The molecular formula is C19H32N4O. The van der Waals surface area contributed by atoms with E-state index in [4.69, 9.17) is 4.74 Å². The second-order valence-electron chi connectivity index (χ2n) is 6.87. The molecule has 2 atom stereocenters. The summed E-state index contributed by atoms with van der Waals surface area (Å²) in [6.07, 6.45) is 1.35. The third kappa shape index (κ3) is 5.71. The highest BCUT2D eigenvalue weighted by Gasteiger charge is 2.21. The first kappa shape index (κ1) is 18.6. The molecule has 1 fully saturated rings. The van der Waals surface area contributed by atoms with Gasteiger partial charge in [-0.1, -0.05) is 32.0 Å². The van der Waals surface area contributed by atoms with Crippen LogP contribution in [0.5, 0.6) is 5.75 Å². The Bertz CT molecular complexity index is 522. The molecule has 0 bridgehead atoms. The van der Waals surface area contributed by atoms with Gasteiger partial charge in [0.25, 0.3) is 0 Å². The summed E-state index contributed by atoms with van der Waals surface area (Å²) in [5.41, 5.74) is 1.13. The predicted octanol–water partition coefficient (Wildman–Crippen LogP) is 2.34. The van der Waals surface area contributed by atoms with Crippen LogP contribution in [0.3, 0.4) is 0 Å². The number of hydrogen-bond donors (Lipinski definition) is 2. The van der Waals surface area contributed by atoms with Crippen molar-refractivity contribution < 1.29 is 4.74 Å². The Kier molecular flexibility index (Phi) is 7.37. The van der Waals surface area contributed by atoms with Gasteiger partial charge in [0.05, 0.1) is 7.11 Å². The zero-order valence-corrected chi connectivity index (χ0v) is 15.5. The number of para-hydroxylation sites is 1. The summed E-state index contributed by atoms with van der Waals surface area (Å²) < 4.78 is 5.38. The molecule has 1 saturated heterocycles. The molecule has 0 spiro atoms. The zero-order chi connectivity index (χ0) is 17.4. The minimum Gasteiger partial charge on any atom is -0.496 e. The van der Waals surface area contributed by atoms with Gasteiger partial charge >= 0.3 is 0 Å². The fraction of sp³-hybridized carbons (Fsp3) is 0.632. The normalized spacial score (nSPS) is 22.2. The average Bonchev–Trinajstić information content (AvgIpc) is 2.57. The molecule has 2 rings (SSSR count). The molecule has 2 unspecified atom stereocenters. The van der Waals surface area contributed by atoms with Crippen molar-refractivity contribution in [2.45, 2.75) is 26.8 Å². The maximum atomic E-state index is 5.38. The molecule has 5 heteroatoms. The summed E-state index contributed by atoms with van der Waals surface area (Å²) in [6, 6.07) is 8.05. The Morgan fingerprint density at radius 2 is 1.92 bits per heavy atom. The number of hydrogen-bond acceptors (Lipinski definition) is 3. The Hall–Kier alpha value is -1.75. The van der Waals surface area contributed by atoms with Gasteiger partial charge in [-0.05, 0) is 24.3 Å². The van der Waals surface area contributed by atoms with Crippen LogP contribution in [0, 0.1) is 11.8 Å². The zero-order valence-electron chi connectivity index (χ0n) is 15.5. The van der Waals surface area contributed by atoms with E-state index in [0.29, 0.717) is 6.54 Å². The van der Waals surface area contributed by atoms with Crippen molar-refractivity contribution in [1.29, 1.82) is 0 Å². The number of rotatable bonds is 6. The van der Waals surface area contributed by atoms with E-state index in [0.717, 1.165) is 42.2 Å². The van der Waals surface area contributed by atoms with Crippen molar-refractivity contribution in [3.63, 3.8) is 0 Å². The van der Waals surface area contributed by atoms with Gasteiger partial charge in [-0.2, -0.15) is 0 Å². The molecule has 2 N–H and O–H groups in total. The maximum absolute atomic E-state index is 5.38. The van der Waals surface area contributed by atoms with Crippen molar-refractivity contribution >= 4 is 5.96 Å². The van der Waals surface area contributed by atoms with E-state index in [2.05, 4.69) is 40.4 Å². The molecule has 1 heterocycles. The van der Waals surface area contributed by atoms with Crippen molar-refractivity contribution in [2.24, 2.45) is 16.8 Å². The van der Waals surface area contributed by atoms with Gasteiger partial charge in [0.2, 0.25) is 0 Å². The number of nitrogens with zero attached hydrogens (tertiary/aromatic N) is 2. The molecule has 1 aromatic rings. The molecule has 0 amide bonds. The quantitative estimate of drug-likeness (QED) is 0.620. The smallest absolute Gasteiger partial charge is 0.191 e. The molecular weight excluding hydrogens is 300 g/mol. The van der Waals surface area contributed by atoms with Gasteiger partial charge in [0.1, 0.15) is 5.75 Å². The number of nitrogens with one attached hydrogen (secondary N) is 2. The summed E-state index contributed by atoms with van der Waals surface area (Å²) in [4.78, 5) is 6.86. The maximum Gasteiger partial charge on any atom is 0.191 e. The molecule has 0 aliphatic carbocycles. The minimum absolute atomic E-state index is 0.696. The highest BCUT2D eigenvalue weighted by atomic mass is 16.5. The van der Waals surface area contributed by atoms with E-state index in [1.807, 2.05) is 25.2 Å². The number of piperidine rings is 1. The lowest BCUT2D eigenvalue weighted by atomic mass is 9.92. The molecule has 0 radical (unpaired) electrons. The summed E-state index contributed by atoms with van der Waals surface area (Å²) in [5, 5.41) is 6.77. The molecule has 5 nitrogen and oxygen atoms in total. The second kappa shape index (κ2) is 9.52. The summed E-state index contributed by atoms with van der Waals surface area (Å²) in [6.45, 7) is 9.78. The number of methoxy groups -OCH3 is 1. The molecule has 134 valence electrons. The van der Waals surface area contributed by atoms with Crippen molar-refractivity contribution in [3.05, 3.63) is 29.8 Å². The number of aliphatic imine (C=N–C) groups is 1. The first-order chi connectivity index (χ1) is 11.6. The van der Waals surface area contributed by atoms with Crippen LogP contribution in [-0.2, 0) is 6.54 Å². The molecule has 1 aliphatic heterocycles. The molecule has 0 aromatic heterocycles. The molecule has 24 heavy (non-hydrogen) atoms. The van der Waals surface area contributed by atoms with E-state index >= 15 is 0 Å². The van der Waals surface area contributed by atoms with Crippen LogP contribution in [0.25, 0.3) is 0 Å². The van der Waals surface area contributed by atoms with Crippen LogP contribution in [0.1, 0.15) is 25.8 Å². The van der Waals surface area contributed by atoms with E-state index in [1.165, 1.54) is 19.5 Å². The van der Waals surface area contributed by atoms with Crippen LogP contribution < -0.4 is 15.4 Å². The standard InChI is InChI=1S/C19H32N4O/c1-15-11-16(2)14-23(13-15)10-9-21-19(20-3)22-12-17-7-5-6-8-18(17)24-4/h5-8,15-16H,9-14H2,1-4H3,(H2,20,21,22). The summed E-state index contributed by atoms with van der Waals surface area (Å²) >= 11 is 0. The van der Waals surface area contributed by atoms with Crippen molar-refractivity contribution in [3.8, 4) is 5.75 Å². The van der Waals surface area contributed by atoms with Crippen LogP contribution >= 0.6 is 0 Å². The summed E-state index contributed by atoms with van der Waals surface area (Å²) in [5.74, 6) is 3.34. The van der Waals surface area contributed by atoms with Gasteiger partial charge in [-0.15, -0.1) is 0 Å². The number of guanidine groups is 1. The van der Waals surface area contributed by atoms with Gasteiger partial charge in [0, 0.05) is 45.3 Å². The fourth-order valence-electron chi connectivity index (χ4n) is 3.56. The first-order valence-electron chi connectivity index (χ1n) is 8.91. The van der Waals surface area contributed by atoms with Gasteiger partial charge in [0.15, 0.2) is 5.96 Å². The topological polar surface area (TPSA) is 48.9 Å². The van der Waals surface area contributed by atoms with Crippen molar-refractivity contribution in [2.75, 3.05) is 40.3 Å². The molecule has 1 aromatic carbocycles.